The topological polar surface area (TPSA) is 62.7 Å². The van der Waals surface area contributed by atoms with Gasteiger partial charge in [0.15, 0.2) is 0 Å². The zero-order chi connectivity index (χ0) is 18.5. The number of fused-ring (bicyclic) bond motifs is 2. The molecule has 0 amide bonds. The molecule has 0 saturated heterocycles. The lowest BCUT2D eigenvalue weighted by Crippen LogP contribution is -2.02. The third-order valence-electron chi connectivity index (χ3n) is 3.80. The van der Waals surface area contributed by atoms with Gasteiger partial charge in [0.1, 0.15) is 45.1 Å². The first kappa shape index (κ1) is 18.0. The minimum absolute atomic E-state index is 0.542. The standard InChI is InChI=1S/C20H24N2O4/c1-5-23-13-9-10-14(24-6-2)18-17(13)21-19-15(25-7-3)11-12-16(26-8-4)20(19)22-18/h9-12H,5-8H2,1-4H3. The highest BCUT2D eigenvalue weighted by molar-refractivity contribution is 5.97. The number of benzene rings is 2. The Morgan fingerprint density at radius 1 is 0.500 bits per heavy atom. The maximum atomic E-state index is 5.75. The summed E-state index contributed by atoms with van der Waals surface area (Å²) in [4.78, 5) is 9.66. The molecule has 3 rings (SSSR count). The molecule has 0 atom stereocenters. The summed E-state index contributed by atoms with van der Waals surface area (Å²) in [6, 6.07) is 7.46. The van der Waals surface area contributed by atoms with Crippen LogP contribution in [0.3, 0.4) is 0 Å². The molecule has 3 aromatic rings. The fourth-order valence-corrected chi connectivity index (χ4v) is 2.83. The molecule has 0 N–H and O–H groups in total. The smallest absolute Gasteiger partial charge is 0.147 e. The number of hydrogen-bond acceptors (Lipinski definition) is 6. The fourth-order valence-electron chi connectivity index (χ4n) is 2.83. The second-order valence-corrected chi connectivity index (χ2v) is 5.47. The minimum atomic E-state index is 0.542. The van der Waals surface area contributed by atoms with Gasteiger partial charge >= 0.3 is 0 Å². The van der Waals surface area contributed by atoms with Crippen LogP contribution in [0.5, 0.6) is 23.0 Å². The van der Waals surface area contributed by atoms with Crippen molar-refractivity contribution in [3.63, 3.8) is 0 Å². The van der Waals surface area contributed by atoms with Gasteiger partial charge in [-0.2, -0.15) is 0 Å². The maximum absolute atomic E-state index is 5.75. The predicted octanol–water partition coefficient (Wildman–Crippen LogP) is 4.38. The Morgan fingerprint density at radius 3 is 0.923 bits per heavy atom. The summed E-state index contributed by atoms with van der Waals surface area (Å²) >= 11 is 0. The van der Waals surface area contributed by atoms with E-state index in [1.54, 1.807) is 0 Å². The van der Waals surface area contributed by atoms with Gasteiger partial charge in [-0.15, -0.1) is 0 Å². The van der Waals surface area contributed by atoms with Crippen LogP contribution in [0.1, 0.15) is 27.7 Å². The van der Waals surface area contributed by atoms with Crippen LogP contribution in [0, 0.1) is 0 Å². The molecule has 0 fully saturated rings. The van der Waals surface area contributed by atoms with Gasteiger partial charge in [0.25, 0.3) is 0 Å². The second kappa shape index (κ2) is 8.08. The molecule has 0 aliphatic carbocycles. The maximum Gasteiger partial charge on any atom is 0.147 e. The van der Waals surface area contributed by atoms with Crippen LogP contribution in [0.2, 0.25) is 0 Å². The lowest BCUT2D eigenvalue weighted by Gasteiger charge is -2.15. The van der Waals surface area contributed by atoms with E-state index in [-0.39, 0.29) is 0 Å². The molecule has 1 aromatic heterocycles. The molecule has 0 aliphatic rings. The zero-order valence-corrected chi connectivity index (χ0v) is 15.7. The molecule has 0 unspecified atom stereocenters. The average Bonchev–Trinajstić information content (AvgIpc) is 2.65. The van der Waals surface area contributed by atoms with Crippen LogP contribution in [-0.4, -0.2) is 36.4 Å². The lowest BCUT2D eigenvalue weighted by molar-refractivity contribution is 0.333. The van der Waals surface area contributed by atoms with Crippen molar-refractivity contribution in [1.82, 2.24) is 9.97 Å². The van der Waals surface area contributed by atoms with Crippen molar-refractivity contribution in [2.75, 3.05) is 26.4 Å². The highest BCUT2D eigenvalue weighted by Gasteiger charge is 2.17. The van der Waals surface area contributed by atoms with Crippen molar-refractivity contribution in [3.8, 4) is 23.0 Å². The number of nitrogens with zero attached hydrogens (tertiary/aromatic N) is 2. The van der Waals surface area contributed by atoms with E-state index in [0.717, 1.165) is 0 Å². The first-order valence-corrected chi connectivity index (χ1v) is 9.02. The van der Waals surface area contributed by atoms with Crippen molar-refractivity contribution in [1.29, 1.82) is 0 Å². The van der Waals surface area contributed by atoms with Crippen molar-refractivity contribution in [2.24, 2.45) is 0 Å². The largest absolute Gasteiger partial charge is 0.492 e. The minimum Gasteiger partial charge on any atom is -0.492 e. The quantitative estimate of drug-likeness (QED) is 0.558. The second-order valence-electron chi connectivity index (χ2n) is 5.47. The predicted molar refractivity (Wildman–Crippen MR) is 102 cm³/mol. The molecular weight excluding hydrogens is 332 g/mol. The van der Waals surface area contributed by atoms with Crippen LogP contribution < -0.4 is 18.9 Å². The first-order chi connectivity index (χ1) is 12.7. The highest BCUT2D eigenvalue weighted by atomic mass is 16.5. The number of rotatable bonds is 8. The van der Waals surface area contributed by atoms with E-state index < -0.39 is 0 Å². The van der Waals surface area contributed by atoms with Gasteiger partial charge in [-0.1, -0.05) is 0 Å². The van der Waals surface area contributed by atoms with Gasteiger partial charge in [-0.25, -0.2) is 9.97 Å². The van der Waals surface area contributed by atoms with Crippen molar-refractivity contribution in [2.45, 2.75) is 27.7 Å². The number of hydrogen-bond donors (Lipinski definition) is 0. The molecule has 0 bridgehead atoms. The summed E-state index contributed by atoms with van der Waals surface area (Å²) in [5.74, 6) is 2.68. The summed E-state index contributed by atoms with van der Waals surface area (Å²) in [6.07, 6.45) is 0. The summed E-state index contributed by atoms with van der Waals surface area (Å²) in [6.45, 7) is 9.93. The summed E-state index contributed by atoms with van der Waals surface area (Å²) in [7, 11) is 0. The van der Waals surface area contributed by atoms with E-state index in [9.17, 15) is 0 Å². The fraction of sp³-hybridized carbons (Fsp3) is 0.400. The summed E-state index contributed by atoms with van der Waals surface area (Å²) in [5.41, 5.74) is 2.61. The third-order valence-corrected chi connectivity index (χ3v) is 3.80. The Balaban J connectivity index is 2.36. The van der Waals surface area contributed by atoms with Gasteiger partial charge in [-0.3, -0.25) is 0 Å². The van der Waals surface area contributed by atoms with Crippen molar-refractivity contribution >= 4 is 22.1 Å². The SMILES string of the molecule is CCOc1ccc(OCC)c2nc3c(OCC)ccc(OCC)c3nc12. The van der Waals surface area contributed by atoms with Gasteiger partial charge < -0.3 is 18.9 Å². The van der Waals surface area contributed by atoms with Crippen molar-refractivity contribution in [3.05, 3.63) is 24.3 Å². The van der Waals surface area contributed by atoms with Gasteiger partial charge in [-0.05, 0) is 52.0 Å². The van der Waals surface area contributed by atoms with Crippen LogP contribution in [-0.2, 0) is 0 Å². The summed E-state index contributed by atoms with van der Waals surface area (Å²) < 4.78 is 23.0. The van der Waals surface area contributed by atoms with Gasteiger partial charge in [0, 0.05) is 0 Å². The normalized spacial score (nSPS) is 10.9. The summed E-state index contributed by atoms with van der Waals surface area (Å²) in [5, 5.41) is 0. The van der Waals surface area contributed by atoms with E-state index in [1.807, 2.05) is 52.0 Å². The van der Waals surface area contributed by atoms with E-state index in [1.165, 1.54) is 0 Å². The molecule has 138 valence electrons. The van der Waals surface area contributed by atoms with Crippen LogP contribution in [0.15, 0.2) is 24.3 Å². The average molecular weight is 356 g/mol. The Bertz CT molecular complexity index is 766. The number of ether oxygens (including phenoxy) is 4. The molecule has 26 heavy (non-hydrogen) atoms. The highest BCUT2D eigenvalue weighted by Crippen LogP contribution is 2.37. The van der Waals surface area contributed by atoms with Crippen molar-refractivity contribution < 1.29 is 18.9 Å². The van der Waals surface area contributed by atoms with E-state index >= 15 is 0 Å². The van der Waals surface area contributed by atoms with E-state index in [2.05, 4.69) is 0 Å². The Kier molecular flexibility index (Phi) is 5.61. The van der Waals surface area contributed by atoms with Gasteiger partial charge in [0.2, 0.25) is 0 Å². The molecule has 2 aromatic carbocycles. The van der Waals surface area contributed by atoms with E-state index in [0.29, 0.717) is 71.5 Å². The molecule has 1 heterocycles. The number of aromatic nitrogens is 2. The van der Waals surface area contributed by atoms with Crippen LogP contribution in [0.25, 0.3) is 22.1 Å². The Labute approximate surface area is 153 Å². The Morgan fingerprint density at radius 2 is 0.731 bits per heavy atom. The van der Waals surface area contributed by atoms with Crippen LogP contribution >= 0.6 is 0 Å². The third kappa shape index (κ3) is 3.31. The van der Waals surface area contributed by atoms with Crippen LogP contribution in [0.4, 0.5) is 0 Å². The molecule has 0 radical (unpaired) electrons. The van der Waals surface area contributed by atoms with Gasteiger partial charge in [0.05, 0.1) is 26.4 Å². The molecule has 6 nitrogen and oxygen atoms in total. The lowest BCUT2D eigenvalue weighted by atomic mass is 10.2. The molecule has 0 aliphatic heterocycles. The molecule has 0 spiro atoms. The Hall–Kier alpha value is -2.76. The zero-order valence-electron chi connectivity index (χ0n) is 15.7. The molecule has 6 heteroatoms. The van der Waals surface area contributed by atoms with E-state index in [4.69, 9.17) is 28.9 Å². The monoisotopic (exact) mass is 356 g/mol. The molecular formula is C20H24N2O4. The molecule has 0 saturated carbocycles. The first-order valence-electron chi connectivity index (χ1n) is 9.02.